The maximum absolute atomic E-state index is 12.2. The highest BCUT2D eigenvalue weighted by Gasteiger charge is 2.19. The van der Waals surface area contributed by atoms with E-state index in [1.165, 1.54) is 25.3 Å². The lowest BCUT2D eigenvalue weighted by Gasteiger charge is -2.13. The average molecular weight is 355 g/mol. The molecular weight excluding hydrogens is 338 g/mol. The van der Waals surface area contributed by atoms with Gasteiger partial charge in [-0.15, -0.1) is 0 Å². The molecule has 0 fully saturated rings. The number of benzene rings is 2. The minimum absolute atomic E-state index is 0.0742. The first-order chi connectivity index (χ1) is 12.5. The Morgan fingerprint density at radius 3 is 2.69 bits per heavy atom. The van der Waals surface area contributed by atoms with E-state index in [9.17, 15) is 14.9 Å². The Morgan fingerprint density at radius 2 is 2.00 bits per heavy atom. The molecule has 3 rings (SSSR count). The predicted molar refractivity (Wildman–Crippen MR) is 96.4 cm³/mol. The Bertz CT molecular complexity index is 933. The Morgan fingerprint density at radius 1 is 1.23 bits per heavy atom. The number of methoxy groups -OCH3 is 1. The summed E-state index contributed by atoms with van der Waals surface area (Å²) >= 11 is 0. The molecule has 0 aliphatic heterocycles. The highest BCUT2D eigenvalue weighted by molar-refractivity contribution is 5.92. The zero-order valence-electron chi connectivity index (χ0n) is 14.2. The van der Waals surface area contributed by atoms with E-state index in [0.29, 0.717) is 11.5 Å². The van der Waals surface area contributed by atoms with E-state index in [0.717, 1.165) is 11.0 Å². The first-order valence-electron chi connectivity index (χ1n) is 7.86. The Hall–Kier alpha value is -3.55. The molecule has 1 unspecified atom stereocenters. The van der Waals surface area contributed by atoms with Gasteiger partial charge in [-0.1, -0.05) is 18.2 Å². The predicted octanol–water partition coefficient (Wildman–Crippen LogP) is 4.23. The number of anilines is 1. The second-order valence-corrected chi connectivity index (χ2v) is 5.65. The van der Waals surface area contributed by atoms with Crippen LogP contribution in [-0.4, -0.2) is 18.1 Å². The first kappa shape index (κ1) is 17.3. The molecule has 0 aliphatic carbocycles. The van der Waals surface area contributed by atoms with E-state index in [4.69, 9.17) is 9.15 Å². The summed E-state index contributed by atoms with van der Waals surface area (Å²) in [4.78, 5) is 22.8. The second kappa shape index (κ2) is 7.14. The molecule has 3 aromatic rings. The van der Waals surface area contributed by atoms with Crippen LogP contribution in [0.1, 0.15) is 18.7 Å². The van der Waals surface area contributed by atoms with E-state index in [2.05, 4.69) is 10.6 Å². The number of urea groups is 1. The van der Waals surface area contributed by atoms with Crippen LogP contribution in [0.2, 0.25) is 0 Å². The smallest absolute Gasteiger partial charge is 0.320 e. The molecule has 0 aliphatic rings. The van der Waals surface area contributed by atoms with Crippen LogP contribution in [0.3, 0.4) is 0 Å². The number of carbonyl (C=O) groups is 1. The van der Waals surface area contributed by atoms with E-state index < -0.39 is 17.0 Å². The summed E-state index contributed by atoms with van der Waals surface area (Å²) in [7, 11) is 1.41. The maximum Gasteiger partial charge on any atom is 0.320 e. The molecule has 0 bridgehead atoms. The zero-order chi connectivity index (χ0) is 18.7. The largest absolute Gasteiger partial charge is 0.496 e. The van der Waals surface area contributed by atoms with Gasteiger partial charge >= 0.3 is 6.03 Å². The number of rotatable bonds is 5. The van der Waals surface area contributed by atoms with E-state index >= 15 is 0 Å². The number of carbonyl (C=O) groups excluding carboxylic acids is 1. The molecule has 2 aromatic carbocycles. The van der Waals surface area contributed by atoms with Gasteiger partial charge in [0.25, 0.3) is 5.69 Å². The number of nitro benzene ring substituents is 1. The zero-order valence-corrected chi connectivity index (χ0v) is 14.2. The average Bonchev–Trinajstić information content (AvgIpc) is 3.06. The summed E-state index contributed by atoms with van der Waals surface area (Å²) in [5.41, 5.74) is 0.545. The summed E-state index contributed by atoms with van der Waals surface area (Å²) in [5.74, 6) is 0.920. The standard InChI is InChI=1S/C18H17N3O5/c1-11(17-9-12-5-3-4-6-16(12)26-17)19-18(22)20-14-8-7-13(25-2)10-15(14)21(23)24/h3-11H,1-2H3,(H2,19,20,22). The number of nitrogens with zero attached hydrogens (tertiary/aromatic N) is 1. The highest BCUT2D eigenvalue weighted by atomic mass is 16.6. The van der Waals surface area contributed by atoms with Crippen LogP contribution in [0.5, 0.6) is 5.75 Å². The summed E-state index contributed by atoms with van der Waals surface area (Å²) in [6, 6.07) is 12.6. The third-order valence-corrected chi connectivity index (χ3v) is 3.87. The minimum atomic E-state index is -0.583. The van der Waals surface area contributed by atoms with Crippen molar-refractivity contribution in [3.05, 3.63) is 64.4 Å². The third kappa shape index (κ3) is 3.59. The molecule has 8 heteroatoms. The highest BCUT2D eigenvalue weighted by Crippen LogP contribution is 2.29. The molecule has 26 heavy (non-hydrogen) atoms. The Labute approximate surface area is 148 Å². The van der Waals surface area contributed by atoms with Crippen molar-refractivity contribution in [3.8, 4) is 5.75 Å². The van der Waals surface area contributed by atoms with Gasteiger partial charge in [0.15, 0.2) is 0 Å². The molecule has 1 aromatic heterocycles. The van der Waals surface area contributed by atoms with Crippen LogP contribution in [0.4, 0.5) is 16.2 Å². The van der Waals surface area contributed by atoms with Crippen LogP contribution < -0.4 is 15.4 Å². The van der Waals surface area contributed by atoms with Crippen molar-refractivity contribution < 1.29 is 18.9 Å². The molecule has 1 heterocycles. The minimum Gasteiger partial charge on any atom is -0.496 e. The second-order valence-electron chi connectivity index (χ2n) is 5.65. The maximum atomic E-state index is 12.2. The normalized spacial score (nSPS) is 11.8. The summed E-state index contributed by atoms with van der Waals surface area (Å²) < 4.78 is 10.7. The number of nitrogens with one attached hydrogen (secondary N) is 2. The molecule has 2 amide bonds. The van der Waals surface area contributed by atoms with Crippen molar-refractivity contribution >= 4 is 28.4 Å². The molecule has 0 radical (unpaired) electrons. The van der Waals surface area contributed by atoms with Crippen molar-refractivity contribution in [2.45, 2.75) is 13.0 Å². The fraction of sp³-hybridized carbons (Fsp3) is 0.167. The molecular formula is C18H17N3O5. The number of ether oxygens (including phenoxy) is 1. The van der Waals surface area contributed by atoms with Gasteiger partial charge in [0.05, 0.1) is 24.1 Å². The van der Waals surface area contributed by atoms with Crippen LogP contribution in [0.15, 0.2) is 52.9 Å². The summed E-state index contributed by atoms with van der Waals surface area (Å²) in [5, 5.41) is 17.3. The lowest BCUT2D eigenvalue weighted by atomic mass is 10.2. The Kier molecular flexibility index (Phi) is 4.74. The Balaban J connectivity index is 1.73. The number of hydrogen-bond acceptors (Lipinski definition) is 5. The quantitative estimate of drug-likeness (QED) is 0.526. The fourth-order valence-electron chi connectivity index (χ4n) is 2.54. The van der Waals surface area contributed by atoms with Crippen molar-refractivity contribution in [2.75, 3.05) is 12.4 Å². The number of nitro groups is 1. The van der Waals surface area contributed by atoms with Gasteiger partial charge in [0.1, 0.15) is 22.8 Å². The van der Waals surface area contributed by atoms with Gasteiger partial charge in [0.2, 0.25) is 0 Å². The van der Waals surface area contributed by atoms with Gasteiger partial charge in [0, 0.05) is 5.39 Å². The topological polar surface area (TPSA) is 107 Å². The molecule has 1 atom stereocenters. The summed E-state index contributed by atoms with van der Waals surface area (Å²) in [6.07, 6.45) is 0. The van der Waals surface area contributed by atoms with Crippen LogP contribution >= 0.6 is 0 Å². The van der Waals surface area contributed by atoms with E-state index in [1.807, 2.05) is 30.3 Å². The first-order valence-corrected chi connectivity index (χ1v) is 7.86. The molecule has 134 valence electrons. The SMILES string of the molecule is COc1ccc(NC(=O)NC(C)c2cc3ccccc3o2)c([N+](=O)[O-])c1. The molecule has 0 saturated carbocycles. The number of furan rings is 1. The van der Waals surface area contributed by atoms with Gasteiger partial charge in [-0.25, -0.2) is 4.79 Å². The van der Waals surface area contributed by atoms with Crippen molar-refractivity contribution in [1.82, 2.24) is 5.32 Å². The number of para-hydroxylation sites is 1. The van der Waals surface area contributed by atoms with Crippen LogP contribution in [0, 0.1) is 10.1 Å². The molecule has 0 saturated heterocycles. The molecule has 8 nitrogen and oxygen atoms in total. The fourth-order valence-corrected chi connectivity index (χ4v) is 2.54. The lowest BCUT2D eigenvalue weighted by Crippen LogP contribution is -2.31. The molecule has 2 N–H and O–H groups in total. The van der Waals surface area contributed by atoms with Crippen molar-refractivity contribution in [3.63, 3.8) is 0 Å². The van der Waals surface area contributed by atoms with Crippen LogP contribution in [-0.2, 0) is 0 Å². The van der Waals surface area contributed by atoms with Crippen molar-refractivity contribution in [1.29, 1.82) is 0 Å². The van der Waals surface area contributed by atoms with Gasteiger partial charge in [-0.2, -0.15) is 0 Å². The van der Waals surface area contributed by atoms with Gasteiger partial charge in [-0.3, -0.25) is 10.1 Å². The van der Waals surface area contributed by atoms with E-state index in [1.54, 1.807) is 6.92 Å². The van der Waals surface area contributed by atoms with Crippen LogP contribution in [0.25, 0.3) is 11.0 Å². The third-order valence-electron chi connectivity index (χ3n) is 3.87. The van der Waals surface area contributed by atoms with Gasteiger partial charge < -0.3 is 19.8 Å². The molecule has 0 spiro atoms. The monoisotopic (exact) mass is 355 g/mol. The summed E-state index contributed by atoms with van der Waals surface area (Å²) in [6.45, 7) is 1.76. The number of amides is 2. The lowest BCUT2D eigenvalue weighted by molar-refractivity contribution is -0.384. The van der Waals surface area contributed by atoms with Crippen molar-refractivity contribution in [2.24, 2.45) is 0 Å². The number of fused-ring (bicyclic) bond motifs is 1. The van der Waals surface area contributed by atoms with Gasteiger partial charge in [-0.05, 0) is 31.2 Å². The van der Waals surface area contributed by atoms with E-state index in [-0.39, 0.29) is 11.4 Å². The number of hydrogen-bond donors (Lipinski definition) is 2.